The Balaban J connectivity index is 2.70. The van der Waals surface area contributed by atoms with Crippen molar-refractivity contribution < 1.29 is 4.92 Å². The summed E-state index contributed by atoms with van der Waals surface area (Å²) in [5, 5.41) is 10.4. The summed E-state index contributed by atoms with van der Waals surface area (Å²) in [5.41, 5.74) is 0.949. The summed E-state index contributed by atoms with van der Waals surface area (Å²) < 4.78 is 0. The second-order valence-corrected chi connectivity index (χ2v) is 2.70. The van der Waals surface area contributed by atoms with Crippen LogP contribution in [0.25, 0.3) is 0 Å². The number of nitrogens with one attached hydrogen (secondary N) is 1. The van der Waals surface area contributed by atoms with Gasteiger partial charge in [0.2, 0.25) is 0 Å². The maximum absolute atomic E-state index is 10.4. The Labute approximate surface area is 70.8 Å². The summed E-state index contributed by atoms with van der Waals surface area (Å²) in [4.78, 5) is 13.0. The van der Waals surface area contributed by atoms with Crippen LogP contribution in [0.2, 0.25) is 0 Å². The Hall–Kier alpha value is -1.32. The fourth-order valence-corrected chi connectivity index (χ4v) is 1.12. The summed E-state index contributed by atoms with van der Waals surface area (Å²) in [7, 11) is 0. The molecule has 1 N–H and O–H groups in total. The summed E-state index contributed by atoms with van der Waals surface area (Å²) >= 11 is 0. The van der Waals surface area contributed by atoms with Gasteiger partial charge in [0.1, 0.15) is 0 Å². The van der Waals surface area contributed by atoms with Gasteiger partial charge in [0.25, 0.3) is 5.69 Å². The largest absolute Gasteiger partial charge is 0.359 e. The molecule has 4 nitrogen and oxygen atoms in total. The van der Waals surface area contributed by atoms with Crippen molar-refractivity contribution in [3.8, 4) is 0 Å². The van der Waals surface area contributed by atoms with E-state index < -0.39 is 0 Å². The van der Waals surface area contributed by atoms with Crippen LogP contribution < -0.4 is 0 Å². The van der Waals surface area contributed by atoms with E-state index in [1.165, 1.54) is 6.07 Å². The van der Waals surface area contributed by atoms with Gasteiger partial charge in [-0.3, -0.25) is 10.1 Å². The lowest BCUT2D eigenvalue weighted by Crippen LogP contribution is -1.92. The fraction of sp³-hybridized carbons (Fsp3) is 0.500. The number of nitrogens with zero attached hydrogens (tertiary/aromatic N) is 1. The van der Waals surface area contributed by atoms with E-state index >= 15 is 0 Å². The molecule has 0 aliphatic heterocycles. The minimum absolute atomic E-state index is 0.212. The lowest BCUT2D eigenvalue weighted by Gasteiger charge is -1.94. The van der Waals surface area contributed by atoms with Crippen molar-refractivity contribution in [1.82, 2.24) is 4.98 Å². The Bertz CT molecular complexity index is 268. The van der Waals surface area contributed by atoms with E-state index in [-0.39, 0.29) is 10.6 Å². The Morgan fingerprint density at radius 1 is 1.67 bits per heavy atom. The number of rotatable bonds is 4. The third kappa shape index (κ3) is 1.84. The van der Waals surface area contributed by atoms with Crippen molar-refractivity contribution in [3.05, 3.63) is 28.1 Å². The first-order valence-corrected chi connectivity index (χ1v) is 4.06. The van der Waals surface area contributed by atoms with Crippen molar-refractivity contribution in [1.29, 1.82) is 0 Å². The van der Waals surface area contributed by atoms with Crippen LogP contribution in [-0.4, -0.2) is 9.91 Å². The third-order valence-corrected chi connectivity index (χ3v) is 1.78. The van der Waals surface area contributed by atoms with Gasteiger partial charge in [-0.15, -0.1) is 0 Å². The predicted molar refractivity (Wildman–Crippen MR) is 46.1 cm³/mol. The summed E-state index contributed by atoms with van der Waals surface area (Å²) in [5.74, 6) is 0. The van der Waals surface area contributed by atoms with E-state index in [1.54, 1.807) is 6.20 Å². The number of H-pyrrole nitrogens is 1. The average molecular weight is 168 g/mol. The normalized spacial score (nSPS) is 10.1. The van der Waals surface area contributed by atoms with Gasteiger partial charge in [-0.2, -0.15) is 0 Å². The maximum Gasteiger partial charge on any atom is 0.289 e. The summed E-state index contributed by atoms with van der Waals surface area (Å²) in [6.45, 7) is 2.06. The molecule has 0 aliphatic rings. The second-order valence-electron chi connectivity index (χ2n) is 2.70. The predicted octanol–water partition coefficient (Wildman–Crippen LogP) is 2.27. The molecular formula is C8H12N2O2. The molecule has 1 aromatic heterocycles. The molecule has 0 saturated heterocycles. The highest BCUT2D eigenvalue weighted by Gasteiger charge is 2.12. The van der Waals surface area contributed by atoms with Crippen molar-refractivity contribution in [3.63, 3.8) is 0 Å². The van der Waals surface area contributed by atoms with Crippen molar-refractivity contribution in [2.75, 3.05) is 0 Å². The monoisotopic (exact) mass is 168 g/mol. The molecule has 1 heterocycles. The van der Waals surface area contributed by atoms with Gasteiger partial charge in [0, 0.05) is 12.3 Å². The first-order chi connectivity index (χ1) is 5.75. The number of aryl methyl sites for hydroxylation is 1. The minimum Gasteiger partial charge on any atom is -0.359 e. The molecule has 66 valence electrons. The summed E-state index contributed by atoms with van der Waals surface area (Å²) in [6, 6.07) is 1.50. The molecule has 1 aromatic rings. The van der Waals surface area contributed by atoms with E-state index in [9.17, 15) is 10.1 Å². The number of unbranched alkanes of at least 4 members (excludes halogenated alkanes) is 1. The van der Waals surface area contributed by atoms with Crippen LogP contribution >= 0.6 is 0 Å². The molecule has 0 amide bonds. The molecule has 4 heteroatoms. The number of hydrogen-bond donors (Lipinski definition) is 1. The minimum atomic E-state index is -0.346. The van der Waals surface area contributed by atoms with Gasteiger partial charge in [-0.05, 0) is 12.8 Å². The van der Waals surface area contributed by atoms with Crippen molar-refractivity contribution in [2.45, 2.75) is 26.2 Å². The zero-order chi connectivity index (χ0) is 8.97. The molecule has 0 aromatic carbocycles. The van der Waals surface area contributed by atoms with Crippen LogP contribution in [0.5, 0.6) is 0 Å². The highest BCUT2D eigenvalue weighted by atomic mass is 16.6. The molecule has 1 rings (SSSR count). The highest BCUT2D eigenvalue weighted by Crippen LogP contribution is 2.17. The highest BCUT2D eigenvalue weighted by molar-refractivity contribution is 5.35. The summed E-state index contributed by atoms with van der Waals surface area (Å²) in [6.07, 6.45) is 4.42. The van der Waals surface area contributed by atoms with E-state index in [1.807, 2.05) is 0 Å². The third-order valence-electron chi connectivity index (χ3n) is 1.78. The molecule has 0 saturated carbocycles. The zero-order valence-electron chi connectivity index (χ0n) is 7.04. The molecule has 0 atom stereocenters. The Morgan fingerprint density at radius 3 is 3.00 bits per heavy atom. The van der Waals surface area contributed by atoms with Crippen LogP contribution in [0.3, 0.4) is 0 Å². The topological polar surface area (TPSA) is 58.9 Å². The standard InChI is InChI=1S/C8H12N2O2/c1-2-3-4-7-8(10(11)12)5-6-9-7/h5-6,9H,2-4H2,1H3. The average Bonchev–Trinajstić information content (AvgIpc) is 2.48. The molecule has 0 fully saturated rings. The number of nitro groups is 1. The lowest BCUT2D eigenvalue weighted by atomic mass is 10.2. The molecule has 0 spiro atoms. The fourth-order valence-electron chi connectivity index (χ4n) is 1.12. The van der Waals surface area contributed by atoms with Gasteiger partial charge in [0.15, 0.2) is 0 Å². The van der Waals surface area contributed by atoms with Crippen LogP contribution in [0, 0.1) is 10.1 Å². The number of aromatic nitrogens is 1. The van der Waals surface area contributed by atoms with Crippen molar-refractivity contribution >= 4 is 5.69 Å². The molecular weight excluding hydrogens is 156 g/mol. The lowest BCUT2D eigenvalue weighted by molar-refractivity contribution is -0.385. The van der Waals surface area contributed by atoms with Crippen LogP contribution in [0.4, 0.5) is 5.69 Å². The molecule has 12 heavy (non-hydrogen) atoms. The van der Waals surface area contributed by atoms with Gasteiger partial charge in [0.05, 0.1) is 10.6 Å². The SMILES string of the molecule is CCCCc1[nH]ccc1[N+](=O)[O-]. The van der Waals surface area contributed by atoms with E-state index in [0.29, 0.717) is 0 Å². The quantitative estimate of drug-likeness (QED) is 0.553. The van der Waals surface area contributed by atoms with Gasteiger partial charge in [-0.1, -0.05) is 13.3 Å². The first-order valence-electron chi connectivity index (χ1n) is 4.06. The molecule has 0 radical (unpaired) electrons. The van der Waals surface area contributed by atoms with Gasteiger partial charge < -0.3 is 4.98 Å². The zero-order valence-corrected chi connectivity index (χ0v) is 7.04. The number of hydrogen-bond acceptors (Lipinski definition) is 2. The first kappa shape index (κ1) is 8.77. The van der Waals surface area contributed by atoms with E-state index in [0.717, 1.165) is 25.0 Å². The molecule has 0 aliphatic carbocycles. The van der Waals surface area contributed by atoms with Crippen LogP contribution in [0.15, 0.2) is 12.3 Å². The molecule has 0 unspecified atom stereocenters. The number of aromatic amines is 1. The van der Waals surface area contributed by atoms with E-state index in [2.05, 4.69) is 11.9 Å². The Kier molecular flexibility index (Phi) is 2.85. The van der Waals surface area contributed by atoms with E-state index in [4.69, 9.17) is 0 Å². The maximum atomic E-state index is 10.4. The molecule has 0 bridgehead atoms. The van der Waals surface area contributed by atoms with Gasteiger partial charge >= 0.3 is 0 Å². The van der Waals surface area contributed by atoms with Gasteiger partial charge in [-0.25, -0.2) is 0 Å². The Morgan fingerprint density at radius 2 is 2.42 bits per heavy atom. The van der Waals surface area contributed by atoms with Crippen LogP contribution in [0.1, 0.15) is 25.5 Å². The van der Waals surface area contributed by atoms with Crippen LogP contribution in [-0.2, 0) is 6.42 Å². The second kappa shape index (κ2) is 3.90. The van der Waals surface area contributed by atoms with Crippen molar-refractivity contribution in [2.24, 2.45) is 0 Å². The smallest absolute Gasteiger partial charge is 0.289 e.